The van der Waals surface area contributed by atoms with Gasteiger partial charge in [0.2, 0.25) is 0 Å². The fourth-order valence-electron chi connectivity index (χ4n) is 2.95. The van der Waals surface area contributed by atoms with Crippen LogP contribution in [0.4, 0.5) is 0 Å². The summed E-state index contributed by atoms with van der Waals surface area (Å²) in [5, 5.41) is 0. The molecule has 7 heteroatoms. The molecular weight excluding hydrogens is 288 g/mol. The Morgan fingerprint density at radius 2 is 1.71 bits per heavy atom. The number of hydrogen-bond donors (Lipinski definition) is 1. The fraction of sp³-hybridized carbons (Fsp3) is 1.00. The van der Waals surface area contributed by atoms with Crippen molar-refractivity contribution in [3.8, 4) is 0 Å². The second-order valence-electron chi connectivity index (χ2n) is 7.33. The zero-order chi connectivity index (χ0) is 15.7. The highest BCUT2D eigenvalue weighted by Crippen LogP contribution is 2.24. The van der Waals surface area contributed by atoms with E-state index >= 15 is 0 Å². The molecule has 2 aliphatic rings. The highest BCUT2D eigenvalue weighted by Gasteiger charge is 2.32. The molecule has 1 unspecified atom stereocenters. The molecule has 2 heterocycles. The third-order valence-corrected chi connectivity index (χ3v) is 6.17. The largest absolute Gasteiger partial charge is 0.304 e. The van der Waals surface area contributed by atoms with Crippen molar-refractivity contribution in [3.05, 3.63) is 0 Å². The number of nitrogens with one attached hydrogen (secondary N) is 1. The van der Waals surface area contributed by atoms with E-state index in [1.165, 1.54) is 0 Å². The van der Waals surface area contributed by atoms with E-state index in [2.05, 4.69) is 35.3 Å². The zero-order valence-electron chi connectivity index (χ0n) is 13.8. The van der Waals surface area contributed by atoms with E-state index in [9.17, 15) is 8.42 Å². The average molecular weight is 318 g/mol. The minimum atomic E-state index is -3.31. The molecule has 2 aliphatic heterocycles. The first-order chi connectivity index (χ1) is 9.68. The maximum atomic E-state index is 12.3. The second-order valence-corrected chi connectivity index (χ2v) is 9.08. The number of likely N-dealkylation sites (N-methyl/N-ethyl adjacent to an activating group) is 1. The van der Waals surface area contributed by atoms with Gasteiger partial charge in [0.25, 0.3) is 10.2 Å². The molecule has 0 aromatic heterocycles. The molecule has 0 aromatic rings. The molecule has 0 spiro atoms. The zero-order valence-corrected chi connectivity index (χ0v) is 14.6. The summed E-state index contributed by atoms with van der Waals surface area (Å²) in [6.45, 7) is 12.0. The summed E-state index contributed by atoms with van der Waals surface area (Å²) in [5.41, 5.74) is 0.172. The minimum absolute atomic E-state index is 0.172. The predicted molar refractivity (Wildman–Crippen MR) is 85.4 cm³/mol. The molecule has 2 rings (SSSR count). The molecule has 0 saturated carbocycles. The lowest BCUT2D eigenvalue weighted by Gasteiger charge is -2.32. The molecule has 6 nitrogen and oxygen atoms in total. The van der Waals surface area contributed by atoms with Crippen LogP contribution in [0.3, 0.4) is 0 Å². The van der Waals surface area contributed by atoms with Crippen molar-refractivity contribution in [1.82, 2.24) is 18.8 Å². The normalized spacial score (nSPS) is 27.3. The highest BCUT2D eigenvalue weighted by molar-refractivity contribution is 7.87. The summed E-state index contributed by atoms with van der Waals surface area (Å²) in [6.07, 6.45) is 1.07. The summed E-state index contributed by atoms with van der Waals surface area (Å²) in [7, 11) is -1.28. The highest BCUT2D eigenvalue weighted by atomic mass is 32.2. The van der Waals surface area contributed by atoms with Crippen LogP contribution in [0.25, 0.3) is 0 Å². The Hall–Kier alpha value is -0.210. The Kier molecular flexibility index (Phi) is 5.31. The van der Waals surface area contributed by atoms with E-state index in [-0.39, 0.29) is 5.54 Å². The molecule has 2 fully saturated rings. The summed E-state index contributed by atoms with van der Waals surface area (Å²) in [4.78, 5) is 4.59. The topological polar surface area (TPSA) is 55.9 Å². The molecule has 21 heavy (non-hydrogen) atoms. The van der Waals surface area contributed by atoms with Crippen LogP contribution in [-0.4, -0.2) is 80.9 Å². The Bertz CT molecular complexity index is 438. The third kappa shape index (κ3) is 4.63. The summed E-state index contributed by atoms with van der Waals surface area (Å²) >= 11 is 0. The molecular formula is C14H30N4O2S. The van der Waals surface area contributed by atoms with E-state index in [4.69, 9.17) is 0 Å². The Labute approximate surface area is 129 Å². The first-order valence-corrected chi connectivity index (χ1v) is 9.31. The Morgan fingerprint density at radius 3 is 2.24 bits per heavy atom. The van der Waals surface area contributed by atoms with Gasteiger partial charge in [0.15, 0.2) is 0 Å². The molecule has 0 amide bonds. The lowest BCUT2D eigenvalue weighted by molar-refractivity contribution is 0.168. The van der Waals surface area contributed by atoms with E-state index in [0.717, 1.165) is 32.6 Å². The molecule has 124 valence electrons. The van der Waals surface area contributed by atoms with Crippen LogP contribution in [-0.2, 0) is 10.2 Å². The van der Waals surface area contributed by atoms with Gasteiger partial charge in [0, 0.05) is 44.8 Å². The summed E-state index contributed by atoms with van der Waals surface area (Å²) in [6, 6.07) is 0. The lowest BCUT2D eigenvalue weighted by atomic mass is 10.1. The fourth-order valence-corrected chi connectivity index (χ4v) is 4.22. The molecule has 0 bridgehead atoms. The third-order valence-electron chi connectivity index (χ3n) is 4.59. The smallest absolute Gasteiger partial charge is 0.279 e. The second kappa shape index (κ2) is 6.50. The van der Waals surface area contributed by atoms with Gasteiger partial charge in [-0.25, -0.2) is 4.72 Å². The molecule has 0 aromatic carbocycles. The van der Waals surface area contributed by atoms with Crippen molar-refractivity contribution >= 4 is 10.2 Å². The van der Waals surface area contributed by atoms with Gasteiger partial charge in [-0.3, -0.25) is 4.90 Å². The van der Waals surface area contributed by atoms with Crippen molar-refractivity contribution in [2.45, 2.75) is 32.7 Å². The van der Waals surface area contributed by atoms with Gasteiger partial charge >= 0.3 is 0 Å². The minimum Gasteiger partial charge on any atom is -0.304 e. The van der Waals surface area contributed by atoms with Crippen molar-refractivity contribution in [1.29, 1.82) is 0 Å². The number of hydrogen-bond acceptors (Lipinski definition) is 4. The summed E-state index contributed by atoms with van der Waals surface area (Å²) in [5.74, 6) is 0.423. The van der Waals surface area contributed by atoms with Crippen LogP contribution >= 0.6 is 0 Å². The van der Waals surface area contributed by atoms with Crippen molar-refractivity contribution in [3.63, 3.8) is 0 Å². The number of rotatable bonds is 4. The van der Waals surface area contributed by atoms with Crippen molar-refractivity contribution in [2.24, 2.45) is 5.92 Å². The average Bonchev–Trinajstić information content (AvgIpc) is 2.86. The number of piperazine rings is 1. The number of likely N-dealkylation sites (tertiary alicyclic amines) is 1. The standard InChI is InChI=1S/C14H30N4O2S/c1-14(2,3)17-6-5-13(12-17)11-15-21(19,20)18-9-7-16(4)8-10-18/h13,15H,5-12H2,1-4H3. The van der Waals surface area contributed by atoms with Gasteiger partial charge in [-0.15, -0.1) is 0 Å². The van der Waals surface area contributed by atoms with Gasteiger partial charge in [0.05, 0.1) is 0 Å². The molecule has 2 saturated heterocycles. The molecule has 0 radical (unpaired) electrons. The predicted octanol–water partition coefficient (Wildman–Crippen LogP) is 0.189. The maximum absolute atomic E-state index is 12.3. The van der Waals surface area contributed by atoms with Crippen molar-refractivity contribution in [2.75, 3.05) is 52.9 Å². The first kappa shape index (κ1) is 17.1. The van der Waals surface area contributed by atoms with Crippen LogP contribution in [0.5, 0.6) is 0 Å². The summed E-state index contributed by atoms with van der Waals surface area (Å²) < 4.78 is 29.0. The van der Waals surface area contributed by atoms with E-state index in [1.54, 1.807) is 4.31 Å². The van der Waals surface area contributed by atoms with Gasteiger partial charge in [0.1, 0.15) is 0 Å². The monoisotopic (exact) mass is 318 g/mol. The lowest BCUT2D eigenvalue weighted by Crippen LogP contribution is -2.51. The van der Waals surface area contributed by atoms with E-state index < -0.39 is 10.2 Å². The van der Waals surface area contributed by atoms with Gasteiger partial charge in [-0.05, 0) is 46.7 Å². The van der Waals surface area contributed by atoms with Crippen LogP contribution < -0.4 is 4.72 Å². The van der Waals surface area contributed by atoms with Gasteiger partial charge < -0.3 is 4.90 Å². The van der Waals surface area contributed by atoms with Crippen LogP contribution in [0, 0.1) is 5.92 Å². The molecule has 1 N–H and O–H groups in total. The maximum Gasteiger partial charge on any atom is 0.279 e. The van der Waals surface area contributed by atoms with Crippen LogP contribution in [0.2, 0.25) is 0 Å². The van der Waals surface area contributed by atoms with Crippen LogP contribution in [0.15, 0.2) is 0 Å². The molecule has 0 aliphatic carbocycles. The van der Waals surface area contributed by atoms with Crippen molar-refractivity contribution < 1.29 is 8.42 Å². The Balaban J connectivity index is 1.80. The van der Waals surface area contributed by atoms with Crippen LogP contribution in [0.1, 0.15) is 27.2 Å². The number of nitrogens with zero attached hydrogens (tertiary/aromatic N) is 3. The molecule has 1 atom stereocenters. The quantitative estimate of drug-likeness (QED) is 0.804. The van der Waals surface area contributed by atoms with E-state index in [0.29, 0.717) is 25.6 Å². The first-order valence-electron chi connectivity index (χ1n) is 7.87. The SMILES string of the molecule is CN1CCN(S(=O)(=O)NCC2CCN(C(C)(C)C)C2)CC1. The van der Waals surface area contributed by atoms with Gasteiger partial charge in [-0.2, -0.15) is 12.7 Å². The Morgan fingerprint density at radius 1 is 1.10 bits per heavy atom. The van der Waals surface area contributed by atoms with Gasteiger partial charge in [-0.1, -0.05) is 0 Å². The van der Waals surface area contributed by atoms with E-state index in [1.807, 2.05) is 7.05 Å².